The van der Waals surface area contributed by atoms with Crippen molar-refractivity contribution in [2.24, 2.45) is 5.73 Å². The largest absolute Gasteiger partial charge is 0.330 e. The third-order valence-corrected chi connectivity index (χ3v) is 1.48. The fourth-order valence-corrected chi connectivity index (χ4v) is 0.851. The number of hydrogen-bond donors (Lipinski definition) is 3. The van der Waals surface area contributed by atoms with Crippen LogP contribution in [0.4, 0.5) is 0 Å². The molecule has 5 heteroatoms. The molecule has 0 radical (unpaired) electrons. The lowest BCUT2D eigenvalue weighted by Crippen LogP contribution is -2.22. The van der Waals surface area contributed by atoms with E-state index in [1.165, 1.54) is 6.20 Å². The summed E-state index contributed by atoms with van der Waals surface area (Å²) in [4.78, 5) is 26.2. The van der Waals surface area contributed by atoms with Gasteiger partial charge in [0.1, 0.15) is 0 Å². The van der Waals surface area contributed by atoms with Gasteiger partial charge in [0.25, 0.3) is 5.56 Å². The van der Waals surface area contributed by atoms with Crippen molar-refractivity contribution in [3.63, 3.8) is 0 Å². The zero-order valence-electron chi connectivity index (χ0n) is 7.04. The van der Waals surface area contributed by atoms with Gasteiger partial charge in [-0.05, 0) is 13.0 Å². The minimum atomic E-state index is -0.499. The Hall–Kier alpha value is -1.62. The Morgan fingerprint density at radius 3 is 2.85 bits per heavy atom. The fraction of sp³-hybridized carbons (Fsp3) is 0.250. The predicted molar refractivity (Wildman–Crippen MR) is 50.4 cm³/mol. The second-order valence-electron chi connectivity index (χ2n) is 2.51. The molecule has 0 bridgehead atoms. The van der Waals surface area contributed by atoms with Gasteiger partial charge in [0.15, 0.2) is 0 Å². The fourth-order valence-electron chi connectivity index (χ4n) is 0.851. The summed E-state index contributed by atoms with van der Waals surface area (Å²) >= 11 is 0. The Labute approximate surface area is 74.3 Å². The van der Waals surface area contributed by atoms with E-state index in [4.69, 9.17) is 5.73 Å². The van der Waals surface area contributed by atoms with Crippen molar-refractivity contribution in [1.82, 2.24) is 9.97 Å². The molecule has 1 aromatic heterocycles. The number of nitrogens with one attached hydrogen (secondary N) is 2. The summed E-state index contributed by atoms with van der Waals surface area (Å²) in [6.07, 6.45) is 5.48. The van der Waals surface area contributed by atoms with Crippen LogP contribution in [0, 0.1) is 0 Å². The number of H-pyrrole nitrogens is 2. The van der Waals surface area contributed by atoms with Crippen molar-refractivity contribution in [3.05, 3.63) is 38.7 Å². The lowest BCUT2D eigenvalue weighted by atomic mass is 10.3. The first-order valence-corrected chi connectivity index (χ1v) is 3.92. The van der Waals surface area contributed by atoms with Crippen molar-refractivity contribution in [2.45, 2.75) is 6.42 Å². The Morgan fingerprint density at radius 2 is 2.23 bits per heavy atom. The van der Waals surface area contributed by atoms with Crippen LogP contribution in [0.5, 0.6) is 0 Å². The Morgan fingerprint density at radius 1 is 1.46 bits per heavy atom. The molecule has 0 unspecified atom stereocenters. The molecule has 0 spiro atoms. The highest BCUT2D eigenvalue weighted by molar-refractivity contribution is 5.45. The Balaban J connectivity index is 2.90. The van der Waals surface area contributed by atoms with Crippen molar-refractivity contribution in [2.75, 3.05) is 6.54 Å². The number of aromatic amines is 2. The molecule has 0 amide bonds. The molecule has 0 atom stereocenters. The van der Waals surface area contributed by atoms with E-state index < -0.39 is 11.2 Å². The smallest absolute Gasteiger partial charge is 0.325 e. The zero-order chi connectivity index (χ0) is 9.68. The van der Waals surface area contributed by atoms with Crippen LogP contribution in [0.25, 0.3) is 6.08 Å². The van der Waals surface area contributed by atoms with E-state index in [1.54, 1.807) is 12.2 Å². The molecule has 0 saturated carbocycles. The lowest BCUT2D eigenvalue weighted by Gasteiger charge is -1.89. The van der Waals surface area contributed by atoms with E-state index in [0.717, 1.165) is 0 Å². The summed E-state index contributed by atoms with van der Waals surface area (Å²) in [5, 5.41) is 0. The van der Waals surface area contributed by atoms with Gasteiger partial charge in [-0.2, -0.15) is 0 Å². The van der Waals surface area contributed by atoms with Crippen molar-refractivity contribution in [1.29, 1.82) is 0 Å². The van der Waals surface area contributed by atoms with Crippen LogP contribution in [0.3, 0.4) is 0 Å². The maximum absolute atomic E-state index is 11.1. The first-order chi connectivity index (χ1) is 6.24. The topological polar surface area (TPSA) is 91.7 Å². The summed E-state index contributed by atoms with van der Waals surface area (Å²) in [6.45, 7) is 0.539. The molecule has 1 heterocycles. The number of hydrogen-bond acceptors (Lipinski definition) is 3. The lowest BCUT2D eigenvalue weighted by molar-refractivity contribution is 1.01. The average molecular weight is 181 g/mol. The molecule has 0 aliphatic heterocycles. The van der Waals surface area contributed by atoms with Gasteiger partial charge in [-0.3, -0.25) is 9.78 Å². The van der Waals surface area contributed by atoms with Gasteiger partial charge >= 0.3 is 5.69 Å². The molecular weight excluding hydrogens is 170 g/mol. The maximum atomic E-state index is 11.1. The van der Waals surface area contributed by atoms with E-state index >= 15 is 0 Å². The minimum absolute atomic E-state index is 0.392. The molecule has 5 nitrogen and oxygen atoms in total. The Bertz CT molecular complexity index is 402. The van der Waals surface area contributed by atoms with Gasteiger partial charge in [-0.1, -0.05) is 12.2 Å². The Kier molecular flexibility index (Phi) is 3.22. The summed E-state index contributed by atoms with van der Waals surface area (Å²) in [7, 11) is 0. The summed E-state index contributed by atoms with van der Waals surface area (Å²) in [5.74, 6) is 0. The zero-order valence-corrected chi connectivity index (χ0v) is 7.04. The first-order valence-electron chi connectivity index (χ1n) is 3.92. The molecule has 0 fully saturated rings. The maximum Gasteiger partial charge on any atom is 0.325 e. The highest BCUT2D eigenvalue weighted by atomic mass is 16.2. The molecular formula is C8H11N3O2. The van der Waals surface area contributed by atoms with Crippen LogP contribution in [0.15, 0.2) is 21.9 Å². The molecule has 70 valence electrons. The third kappa shape index (κ3) is 2.72. The SMILES string of the molecule is NCC/C=C/c1c[nH]c(=O)[nH]c1=O. The molecule has 4 N–H and O–H groups in total. The van der Waals surface area contributed by atoms with E-state index in [0.29, 0.717) is 18.5 Å². The van der Waals surface area contributed by atoms with Gasteiger partial charge in [0.05, 0.1) is 5.56 Å². The third-order valence-electron chi connectivity index (χ3n) is 1.48. The summed E-state index contributed by atoms with van der Waals surface area (Å²) in [6, 6.07) is 0. The van der Waals surface area contributed by atoms with E-state index in [9.17, 15) is 9.59 Å². The van der Waals surface area contributed by atoms with Gasteiger partial charge in [-0.15, -0.1) is 0 Å². The quantitative estimate of drug-likeness (QED) is 0.582. The molecule has 1 rings (SSSR count). The normalized spacial score (nSPS) is 10.8. The number of nitrogens with two attached hydrogens (primary N) is 1. The molecule has 0 aliphatic carbocycles. The second-order valence-corrected chi connectivity index (χ2v) is 2.51. The van der Waals surface area contributed by atoms with E-state index in [-0.39, 0.29) is 0 Å². The van der Waals surface area contributed by atoms with Crippen LogP contribution < -0.4 is 17.0 Å². The number of rotatable bonds is 3. The molecule has 0 saturated heterocycles. The van der Waals surface area contributed by atoms with Gasteiger partial charge < -0.3 is 10.7 Å². The van der Waals surface area contributed by atoms with Crippen molar-refractivity contribution < 1.29 is 0 Å². The van der Waals surface area contributed by atoms with Crippen LogP contribution in [0.2, 0.25) is 0 Å². The van der Waals surface area contributed by atoms with Gasteiger partial charge in [-0.25, -0.2) is 4.79 Å². The molecule has 0 aromatic carbocycles. The monoisotopic (exact) mass is 181 g/mol. The molecule has 0 aliphatic rings. The minimum Gasteiger partial charge on any atom is -0.330 e. The predicted octanol–water partition coefficient (Wildman–Crippen LogP) is -0.575. The van der Waals surface area contributed by atoms with Crippen LogP contribution in [0.1, 0.15) is 12.0 Å². The number of aromatic nitrogens is 2. The first kappa shape index (κ1) is 9.47. The van der Waals surface area contributed by atoms with Crippen LogP contribution >= 0.6 is 0 Å². The summed E-state index contributed by atoms with van der Waals surface area (Å²) in [5.41, 5.74) is 4.79. The molecule has 13 heavy (non-hydrogen) atoms. The highest BCUT2D eigenvalue weighted by Crippen LogP contribution is 1.90. The second kappa shape index (κ2) is 4.42. The van der Waals surface area contributed by atoms with E-state index in [2.05, 4.69) is 9.97 Å². The van der Waals surface area contributed by atoms with E-state index in [1.807, 2.05) is 0 Å². The van der Waals surface area contributed by atoms with Gasteiger partial charge in [0, 0.05) is 6.20 Å². The highest BCUT2D eigenvalue weighted by Gasteiger charge is 1.93. The van der Waals surface area contributed by atoms with Crippen LogP contribution in [-0.2, 0) is 0 Å². The van der Waals surface area contributed by atoms with Crippen molar-refractivity contribution >= 4 is 6.08 Å². The average Bonchev–Trinajstić information content (AvgIpc) is 2.09. The molecule has 1 aromatic rings. The van der Waals surface area contributed by atoms with Gasteiger partial charge in [0.2, 0.25) is 0 Å². The standard InChI is InChI=1S/C8H11N3O2/c9-4-2-1-3-6-5-10-8(13)11-7(6)12/h1,3,5H,2,4,9H2,(H2,10,11,12,13)/b3-1+. The van der Waals surface area contributed by atoms with Crippen molar-refractivity contribution in [3.8, 4) is 0 Å². The summed E-state index contributed by atoms with van der Waals surface area (Å²) < 4.78 is 0. The van der Waals surface area contributed by atoms with Crippen LogP contribution in [-0.4, -0.2) is 16.5 Å².